The third kappa shape index (κ3) is 8.92. The molecule has 3 rings (SSSR count). The summed E-state index contributed by atoms with van der Waals surface area (Å²) in [5, 5.41) is 2.84. The van der Waals surface area contributed by atoms with E-state index in [0.29, 0.717) is 24.2 Å². The molecular weight excluding hydrogens is 517 g/mol. The number of amides is 2. The number of sulfonamides is 1. The second-order valence-corrected chi connectivity index (χ2v) is 11.4. The molecule has 1 atom stereocenters. The van der Waals surface area contributed by atoms with Gasteiger partial charge in [-0.05, 0) is 55.7 Å². The highest BCUT2D eigenvalue weighted by Gasteiger charge is 2.30. The second-order valence-electron chi connectivity index (χ2n) is 9.52. The minimum Gasteiger partial charge on any atom is -0.355 e. The van der Waals surface area contributed by atoms with Crippen molar-refractivity contribution in [1.29, 1.82) is 0 Å². The molecule has 3 aromatic carbocycles. The highest BCUT2D eigenvalue weighted by Crippen LogP contribution is 2.21. The molecule has 0 saturated carbocycles. The summed E-state index contributed by atoms with van der Waals surface area (Å²) in [4.78, 5) is 28.4. The van der Waals surface area contributed by atoms with Crippen LogP contribution in [0.5, 0.6) is 0 Å². The zero-order valence-electron chi connectivity index (χ0n) is 22.6. The summed E-state index contributed by atoms with van der Waals surface area (Å²) in [7, 11) is -3.57. The zero-order chi connectivity index (χ0) is 28.4. The molecule has 0 aliphatic rings. The number of benzene rings is 3. The van der Waals surface area contributed by atoms with Crippen molar-refractivity contribution in [1.82, 2.24) is 10.2 Å². The summed E-state index contributed by atoms with van der Waals surface area (Å²) in [5.41, 5.74) is 3.12. The van der Waals surface area contributed by atoms with Crippen LogP contribution in [-0.2, 0) is 32.6 Å². The quantitative estimate of drug-likeness (QED) is 0.339. The normalized spacial score (nSPS) is 12.0. The van der Waals surface area contributed by atoms with Gasteiger partial charge in [0.05, 0.1) is 11.9 Å². The maximum Gasteiger partial charge on any atom is 0.243 e. The Hall–Kier alpha value is -3.72. The Morgan fingerprint density at radius 2 is 1.56 bits per heavy atom. The van der Waals surface area contributed by atoms with E-state index in [0.717, 1.165) is 17.4 Å². The lowest BCUT2D eigenvalue weighted by Gasteiger charge is -2.32. The van der Waals surface area contributed by atoms with Gasteiger partial charge < -0.3 is 10.2 Å². The Kier molecular flexibility index (Phi) is 10.6. The summed E-state index contributed by atoms with van der Waals surface area (Å²) < 4.78 is 39.9. The van der Waals surface area contributed by atoms with E-state index in [2.05, 4.69) is 5.32 Å². The van der Waals surface area contributed by atoms with Crippen molar-refractivity contribution in [3.05, 3.63) is 101 Å². The van der Waals surface area contributed by atoms with Gasteiger partial charge in [-0.2, -0.15) is 0 Å². The minimum atomic E-state index is -3.57. The predicted molar refractivity (Wildman–Crippen MR) is 152 cm³/mol. The standard InChI is InChI=1S/C30H36FN3O4S/c1-4-32-30(36)28(21-24-9-6-5-7-10-24)33(22-25-14-16-26(31)17-15-25)29(35)11-8-20-34(39(3,37)38)27-18-12-23(2)13-19-27/h5-7,9-10,12-19,28H,4,8,11,20-22H2,1-3H3,(H,32,36)/t28-/m0/s1. The summed E-state index contributed by atoms with van der Waals surface area (Å²) in [5.74, 6) is -0.962. The topological polar surface area (TPSA) is 86.8 Å². The largest absolute Gasteiger partial charge is 0.355 e. The van der Waals surface area contributed by atoms with Crippen LogP contribution < -0.4 is 9.62 Å². The molecule has 0 bridgehead atoms. The van der Waals surface area contributed by atoms with Gasteiger partial charge in [0.2, 0.25) is 21.8 Å². The van der Waals surface area contributed by atoms with E-state index < -0.39 is 21.9 Å². The molecule has 0 radical (unpaired) electrons. The SMILES string of the molecule is CCNC(=O)[C@H](Cc1ccccc1)N(Cc1ccc(F)cc1)C(=O)CCCN(c1ccc(C)cc1)S(C)(=O)=O. The van der Waals surface area contributed by atoms with Crippen LogP contribution in [0.25, 0.3) is 0 Å². The number of nitrogens with zero attached hydrogens (tertiary/aromatic N) is 2. The number of nitrogens with one attached hydrogen (secondary N) is 1. The average molecular weight is 554 g/mol. The van der Waals surface area contributed by atoms with E-state index >= 15 is 0 Å². The molecule has 0 fully saturated rings. The van der Waals surface area contributed by atoms with Crippen molar-refractivity contribution in [2.24, 2.45) is 0 Å². The summed E-state index contributed by atoms with van der Waals surface area (Å²) >= 11 is 0. The number of hydrogen-bond acceptors (Lipinski definition) is 4. The van der Waals surface area contributed by atoms with Crippen LogP contribution in [0, 0.1) is 12.7 Å². The van der Waals surface area contributed by atoms with Crippen LogP contribution in [0.2, 0.25) is 0 Å². The molecule has 208 valence electrons. The van der Waals surface area contributed by atoms with Gasteiger partial charge in [0.25, 0.3) is 0 Å². The molecule has 0 saturated heterocycles. The number of halogens is 1. The van der Waals surface area contributed by atoms with Gasteiger partial charge in [0.15, 0.2) is 0 Å². The van der Waals surface area contributed by atoms with E-state index in [4.69, 9.17) is 0 Å². The highest BCUT2D eigenvalue weighted by atomic mass is 32.2. The molecule has 7 nitrogen and oxygen atoms in total. The van der Waals surface area contributed by atoms with Crippen LogP contribution >= 0.6 is 0 Å². The number of carbonyl (C=O) groups excluding carboxylic acids is 2. The lowest BCUT2D eigenvalue weighted by molar-refractivity contribution is -0.141. The number of carbonyl (C=O) groups is 2. The fourth-order valence-electron chi connectivity index (χ4n) is 4.35. The Balaban J connectivity index is 1.85. The van der Waals surface area contributed by atoms with Gasteiger partial charge in [-0.1, -0.05) is 60.2 Å². The molecule has 9 heteroatoms. The molecule has 0 aliphatic carbocycles. The molecule has 39 heavy (non-hydrogen) atoms. The van der Waals surface area contributed by atoms with Crippen molar-refractivity contribution in [3.8, 4) is 0 Å². The van der Waals surface area contributed by atoms with Gasteiger partial charge in [0.1, 0.15) is 11.9 Å². The summed E-state index contributed by atoms with van der Waals surface area (Å²) in [6.45, 7) is 4.37. The Labute approximate surface area is 230 Å². The molecule has 0 unspecified atom stereocenters. The fraction of sp³-hybridized carbons (Fsp3) is 0.333. The molecule has 0 aromatic heterocycles. The summed E-state index contributed by atoms with van der Waals surface area (Å²) in [6, 6.07) is 21.6. The van der Waals surface area contributed by atoms with Crippen LogP contribution in [0.3, 0.4) is 0 Å². The van der Waals surface area contributed by atoms with Crippen LogP contribution in [0.15, 0.2) is 78.9 Å². The molecule has 2 amide bonds. The second kappa shape index (κ2) is 13.9. The minimum absolute atomic E-state index is 0.0315. The molecule has 0 spiro atoms. The van der Waals surface area contributed by atoms with E-state index in [1.54, 1.807) is 24.3 Å². The number of hydrogen-bond donors (Lipinski definition) is 1. The first-order valence-electron chi connectivity index (χ1n) is 13.0. The van der Waals surface area contributed by atoms with Crippen LogP contribution in [-0.4, -0.2) is 50.5 Å². The first kappa shape index (κ1) is 29.8. The Bertz CT molecular complexity index is 1330. The van der Waals surface area contributed by atoms with Crippen molar-refractivity contribution in [3.63, 3.8) is 0 Å². The van der Waals surface area contributed by atoms with E-state index in [1.807, 2.05) is 56.3 Å². The number of likely N-dealkylation sites (N-methyl/N-ethyl adjacent to an activating group) is 1. The van der Waals surface area contributed by atoms with Gasteiger partial charge in [0, 0.05) is 32.5 Å². The maximum absolute atomic E-state index is 13.7. The smallest absolute Gasteiger partial charge is 0.243 e. The van der Waals surface area contributed by atoms with Crippen LogP contribution in [0.4, 0.5) is 10.1 Å². The number of anilines is 1. The number of aryl methyl sites for hydroxylation is 1. The van der Waals surface area contributed by atoms with Gasteiger partial charge in [-0.15, -0.1) is 0 Å². The first-order chi connectivity index (χ1) is 18.6. The summed E-state index contributed by atoms with van der Waals surface area (Å²) in [6.07, 6.45) is 1.73. The molecule has 0 aliphatic heterocycles. The van der Waals surface area contributed by atoms with Crippen LogP contribution in [0.1, 0.15) is 36.5 Å². The third-order valence-electron chi connectivity index (χ3n) is 6.36. The van der Waals surface area contributed by atoms with E-state index in [9.17, 15) is 22.4 Å². The number of rotatable bonds is 13. The van der Waals surface area contributed by atoms with Crippen molar-refractivity contribution >= 4 is 27.5 Å². The molecule has 0 heterocycles. The van der Waals surface area contributed by atoms with Gasteiger partial charge >= 0.3 is 0 Å². The third-order valence-corrected chi connectivity index (χ3v) is 7.56. The van der Waals surface area contributed by atoms with Gasteiger partial charge in [-0.25, -0.2) is 12.8 Å². The highest BCUT2D eigenvalue weighted by molar-refractivity contribution is 7.92. The molecular formula is C30H36FN3O4S. The average Bonchev–Trinajstić information content (AvgIpc) is 2.90. The van der Waals surface area contributed by atoms with E-state index in [-0.39, 0.29) is 37.7 Å². The first-order valence-corrected chi connectivity index (χ1v) is 14.8. The van der Waals surface area contributed by atoms with Crippen molar-refractivity contribution in [2.45, 2.75) is 45.7 Å². The lowest BCUT2D eigenvalue weighted by Crippen LogP contribution is -2.50. The van der Waals surface area contributed by atoms with Crippen molar-refractivity contribution in [2.75, 3.05) is 23.7 Å². The zero-order valence-corrected chi connectivity index (χ0v) is 23.5. The molecule has 1 N–H and O–H groups in total. The molecule has 3 aromatic rings. The monoisotopic (exact) mass is 553 g/mol. The maximum atomic E-state index is 13.7. The van der Waals surface area contributed by atoms with Gasteiger partial charge in [-0.3, -0.25) is 13.9 Å². The van der Waals surface area contributed by atoms with E-state index in [1.165, 1.54) is 21.3 Å². The van der Waals surface area contributed by atoms with Crippen molar-refractivity contribution < 1.29 is 22.4 Å². The fourth-order valence-corrected chi connectivity index (χ4v) is 5.31. The Morgan fingerprint density at radius 1 is 0.923 bits per heavy atom. The Morgan fingerprint density at radius 3 is 2.15 bits per heavy atom. The predicted octanol–water partition coefficient (Wildman–Crippen LogP) is 4.46. The lowest BCUT2D eigenvalue weighted by atomic mass is 10.0.